The van der Waals surface area contributed by atoms with Gasteiger partial charge in [0.15, 0.2) is 5.78 Å². The zero-order valence-corrected chi connectivity index (χ0v) is 18.2. The zero-order valence-electron chi connectivity index (χ0n) is 16.7. The van der Waals surface area contributed by atoms with Gasteiger partial charge in [-0.1, -0.05) is 60.5 Å². The fraction of sp³-hybridized carbons (Fsp3) is 0.348. The van der Waals surface area contributed by atoms with Crippen LogP contribution in [0.15, 0.2) is 42.2 Å². The number of ether oxygens (including phenoxy) is 1. The van der Waals surface area contributed by atoms with E-state index in [4.69, 9.17) is 27.9 Å². The standard InChI is InChI=1S/C23H24Cl2O3/c1-6-13-12-14(16-8-7-9-17(24)19(16)25)10-11-15(13)18-20(26)22(2,3)28-23(4,5)21(18)27/h7-12,26H,6H2,1-5H3. The summed E-state index contributed by atoms with van der Waals surface area (Å²) in [7, 11) is 0. The average Bonchev–Trinajstić information content (AvgIpc) is 2.62. The first-order valence-electron chi connectivity index (χ1n) is 9.26. The molecule has 2 aromatic rings. The third kappa shape index (κ3) is 3.47. The monoisotopic (exact) mass is 418 g/mol. The number of aryl methyl sites for hydroxylation is 1. The van der Waals surface area contributed by atoms with Crippen LogP contribution in [0.4, 0.5) is 0 Å². The number of carbonyl (C=O) groups is 1. The van der Waals surface area contributed by atoms with Crippen LogP contribution in [0.2, 0.25) is 10.0 Å². The molecule has 0 bridgehead atoms. The number of aliphatic hydroxyl groups is 1. The molecule has 0 fully saturated rings. The Balaban J connectivity index is 2.21. The van der Waals surface area contributed by atoms with E-state index in [1.807, 2.05) is 37.3 Å². The molecule has 0 aromatic heterocycles. The summed E-state index contributed by atoms with van der Waals surface area (Å²) in [6.07, 6.45) is 0.688. The SMILES string of the molecule is CCc1cc(-c2cccc(Cl)c2Cl)ccc1C1=C(O)C(C)(C)OC(C)(C)C1=O. The Kier molecular flexibility index (Phi) is 5.39. The lowest BCUT2D eigenvalue weighted by molar-refractivity contribution is -0.158. The van der Waals surface area contributed by atoms with E-state index in [9.17, 15) is 9.90 Å². The Labute approximate surface area is 175 Å². The van der Waals surface area contributed by atoms with Crippen LogP contribution in [0.1, 0.15) is 45.7 Å². The third-order valence-electron chi connectivity index (χ3n) is 5.11. The van der Waals surface area contributed by atoms with Gasteiger partial charge in [0, 0.05) is 5.56 Å². The first-order chi connectivity index (χ1) is 13.0. The van der Waals surface area contributed by atoms with E-state index >= 15 is 0 Å². The summed E-state index contributed by atoms with van der Waals surface area (Å²) < 4.78 is 5.84. The smallest absolute Gasteiger partial charge is 0.198 e. The lowest BCUT2D eigenvalue weighted by Gasteiger charge is -2.40. The zero-order chi connectivity index (χ0) is 20.9. The second kappa shape index (κ2) is 7.22. The molecule has 1 N–H and O–H groups in total. The van der Waals surface area contributed by atoms with Gasteiger partial charge in [0.05, 0.1) is 15.6 Å². The number of benzene rings is 2. The van der Waals surface area contributed by atoms with Crippen molar-refractivity contribution in [3.05, 3.63) is 63.3 Å². The van der Waals surface area contributed by atoms with Crippen molar-refractivity contribution < 1.29 is 14.6 Å². The second-order valence-electron chi connectivity index (χ2n) is 8.00. The van der Waals surface area contributed by atoms with Gasteiger partial charge < -0.3 is 9.84 Å². The minimum absolute atomic E-state index is 0.0416. The van der Waals surface area contributed by atoms with Gasteiger partial charge in [0.25, 0.3) is 0 Å². The van der Waals surface area contributed by atoms with Gasteiger partial charge in [-0.15, -0.1) is 0 Å². The van der Waals surface area contributed by atoms with E-state index in [0.29, 0.717) is 22.0 Å². The molecule has 0 spiro atoms. The molecule has 5 heteroatoms. The van der Waals surface area contributed by atoms with Crippen LogP contribution in [0.3, 0.4) is 0 Å². The van der Waals surface area contributed by atoms with Crippen molar-refractivity contribution in [2.24, 2.45) is 0 Å². The lowest BCUT2D eigenvalue weighted by Crippen LogP contribution is -2.49. The molecular weight excluding hydrogens is 395 g/mol. The molecule has 1 aliphatic rings. The highest BCUT2D eigenvalue weighted by molar-refractivity contribution is 6.43. The van der Waals surface area contributed by atoms with E-state index in [1.54, 1.807) is 33.8 Å². The van der Waals surface area contributed by atoms with E-state index in [0.717, 1.165) is 22.3 Å². The molecule has 3 nitrogen and oxygen atoms in total. The molecule has 1 heterocycles. The van der Waals surface area contributed by atoms with Gasteiger partial charge in [-0.2, -0.15) is 0 Å². The molecule has 1 aliphatic heterocycles. The fourth-order valence-corrected chi connectivity index (χ4v) is 4.13. The van der Waals surface area contributed by atoms with E-state index in [1.165, 1.54) is 0 Å². The van der Waals surface area contributed by atoms with E-state index < -0.39 is 11.2 Å². The molecule has 0 amide bonds. The number of carbonyl (C=O) groups excluding carboxylic acids is 1. The Hall–Kier alpha value is -1.81. The molecule has 0 radical (unpaired) electrons. The first kappa shape index (κ1) is 20.9. The molecule has 0 unspecified atom stereocenters. The van der Waals surface area contributed by atoms with Crippen molar-refractivity contribution in [3.63, 3.8) is 0 Å². The second-order valence-corrected chi connectivity index (χ2v) is 8.79. The average molecular weight is 419 g/mol. The van der Waals surface area contributed by atoms with Gasteiger partial charge in [-0.3, -0.25) is 4.79 Å². The van der Waals surface area contributed by atoms with Crippen molar-refractivity contribution in [1.29, 1.82) is 0 Å². The number of Topliss-reactive ketones (excluding diaryl/α,β-unsaturated/α-hetero) is 1. The number of aliphatic hydroxyl groups excluding tert-OH is 1. The summed E-state index contributed by atoms with van der Waals surface area (Å²) in [5.74, 6) is -0.271. The molecule has 148 valence electrons. The molecule has 3 rings (SSSR count). The summed E-state index contributed by atoms with van der Waals surface area (Å²) in [5, 5.41) is 11.8. The Morgan fingerprint density at radius 2 is 1.68 bits per heavy atom. The maximum Gasteiger partial charge on any atom is 0.198 e. The largest absolute Gasteiger partial charge is 0.508 e. The maximum atomic E-state index is 13.1. The minimum atomic E-state index is -1.02. The molecule has 0 saturated heterocycles. The van der Waals surface area contributed by atoms with Crippen LogP contribution in [0.25, 0.3) is 16.7 Å². The highest BCUT2D eigenvalue weighted by atomic mass is 35.5. The Bertz CT molecular complexity index is 987. The highest BCUT2D eigenvalue weighted by Crippen LogP contribution is 2.42. The summed E-state index contributed by atoms with van der Waals surface area (Å²) in [5.41, 5.74) is 1.74. The Morgan fingerprint density at radius 1 is 1.00 bits per heavy atom. The molecule has 28 heavy (non-hydrogen) atoms. The topological polar surface area (TPSA) is 46.5 Å². The third-order valence-corrected chi connectivity index (χ3v) is 5.93. The van der Waals surface area contributed by atoms with Gasteiger partial charge in [0.2, 0.25) is 0 Å². The molecular formula is C23H24Cl2O3. The number of ketones is 1. The van der Waals surface area contributed by atoms with Crippen molar-refractivity contribution in [1.82, 2.24) is 0 Å². The highest BCUT2D eigenvalue weighted by Gasteiger charge is 2.47. The predicted octanol–water partition coefficient (Wildman–Crippen LogP) is 6.65. The van der Waals surface area contributed by atoms with Gasteiger partial charge in [-0.25, -0.2) is 0 Å². The van der Waals surface area contributed by atoms with Crippen molar-refractivity contribution in [3.8, 4) is 11.1 Å². The fourth-order valence-electron chi connectivity index (χ4n) is 3.72. The molecule has 0 atom stereocenters. The summed E-state index contributed by atoms with van der Waals surface area (Å²) in [6, 6.07) is 11.3. The maximum absolute atomic E-state index is 13.1. The Morgan fingerprint density at radius 3 is 2.32 bits per heavy atom. The van der Waals surface area contributed by atoms with Crippen LogP contribution in [0.5, 0.6) is 0 Å². The lowest BCUT2D eigenvalue weighted by atomic mass is 9.81. The van der Waals surface area contributed by atoms with Crippen LogP contribution < -0.4 is 0 Å². The summed E-state index contributed by atoms with van der Waals surface area (Å²) in [4.78, 5) is 13.1. The van der Waals surface area contributed by atoms with E-state index in [-0.39, 0.29) is 11.5 Å². The van der Waals surface area contributed by atoms with Gasteiger partial charge in [-0.05, 0) is 56.9 Å². The van der Waals surface area contributed by atoms with Crippen LogP contribution in [-0.2, 0) is 16.0 Å². The number of hydrogen-bond acceptors (Lipinski definition) is 3. The van der Waals surface area contributed by atoms with Gasteiger partial charge >= 0.3 is 0 Å². The number of hydrogen-bond donors (Lipinski definition) is 1. The van der Waals surface area contributed by atoms with Crippen LogP contribution >= 0.6 is 23.2 Å². The number of halogens is 2. The van der Waals surface area contributed by atoms with Crippen molar-refractivity contribution in [2.45, 2.75) is 52.2 Å². The predicted molar refractivity (Wildman–Crippen MR) is 115 cm³/mol. The molecule has 0 saturated carbocycles. The molecule has 0 aliphatic carbocycles. The number of rotatable bonds is 3. The summed E-state index contributed by atoms with van der Waals surface area (Å²) >= 11 is 12.5. The van der Waals surface area contributed by atoms with Crippen molar-refractivity contribution >= 4 is 34.6 Å². The first-order valence-corrected chi connectivity index (χ1v) is 10.0. The van der Waals surface area contributed by atoms with Crippen LogP contribution in [-0.4, -0.2) is 22.1 Å². The summed E-state index contributed by atoms with van der Waals surface area (Å²) in [6.45, 7) is 9.01. The van der Waals surface area contributed by atoms with E-state index in [2.05, 4.69) is 0 Å². The normalized spacial score (nSPS) is 18.5. The van der Waals surface area contributed by atoms with Gasteiger partial charge in [0.1, 0.15) is 17.0 Å². The minimum Gasteiger partial charge on any atom is -0.508 e. The molecule has 2 aromatic carbocycles. The van der Waals surface area contributed by atoms with Crippen molar-refractivity contribution in [2.75, 3.05) is 0 Å². The quantitative estimate of drug-likeness (QED) is 0.606. The van der Waals surface area contributed by atoms with Crippen LogP contribution in [0, 0.1) is 0 Å².